The van der Waals surface area contributed by atoms with Crippen LogP contribution in [0, 0.1) is 0 Å². The number of pyridine rings is 2. The van der Waals surface area contributed by atoms with Gasteiger partial charge < -0.3 is 0 Å². The second-order valence-electron chi connectivity index (χ2n) is 17.9. The fraction of sp³-hybridized carbons (Fsp3) is 0.443. The Morgan fingerprint density at radius 1 is 0.238 bits per heavy atom. The van der Waals surface area contributed by atoms with Crippen LogP contribution >= 0.6 is 0 Å². The molecule has 0 spiro atoms. The third kappa shape index (κ3) is 18.1. The maximum Gasteiger partial charge on any atom is 0.0404 e. The number of aromatic nitrogens is 2. The minimum atomic E-state index is 1.09. The standard InChI is InChI=1S/C31H41N.C30H39N/c1-3-5-7-9-11-13-26-15-17-27(18-16-26)28-19-21-29(22-20-28)30-23-24-31(32-25-30)14-12-10-8-6-4-2;1-3-5-7-9-10-12-25-14-16-26(17-15-25)27-18-20-28(21-19-27)29-22-23-30(31-24-29)13-11-8-6-4-2/h15-25H,3-14H2,1-2H3;14-24H,3-13H2,1-2H3. The molecule has 0 atom stereocenters. The molecular formula is C61H80N2. The van der Waals surface area contributed by atoms with Crippen LogP contribution in [0.4, 0.5) is 0 Å². The topological polar surface area (TPSA) is 25.8 Å². The van der Waals surface area contributed by atoms with Crippen molar-refractivity contribution < 1.29 is 0 Å². The Morgan fingerprint density at radius 2 is 0.476 bits per heavy atom. The van der Waals surface area contributed by atoms with Gasteiger partial charge in [0, 0.05) is 34.9 Å². The first-order valence-corrected chi connectivity index (χ1v) is 25.4. The molecule has 0 fully saturated rings. The summed E-state index contributed by atoms with van der Waals surface area (Å²) in [5.74, 6) is 0. The third-order valence-corrected chi connectivity index (χ3v) is 12.6. The number of benzene rings is 4. The van der Waals surface area contributed by atoms with Gasteiger partial charge in [0.15, 0.2) is 0 Å². The van der Waals surface area contributed by atoms with Crippen molar-refractivity contribution in [2.24, 2.45) is 0 Å². The van der Waals surface area contributed by atoms with E-state index in [0.717, 1.165) is 12.8 Å². The summed E-state index contributed by atoms with van der Waals surface area (Å²) in [6.07, 6.45) is 33.8. The molecule has 0 bridgehead atoms. The van der Waals surface area contributed by atoms with Crippen LogP contribution in [-0.4, -0.2) is 9.97 Å². The molecule has 2 nitrogen and oxygen atoms in total. The third-order valence-electron chi connectivity index (χ3n) is 12.6. The smallest absolute Gasteiger partial charge is 0.0404 e. The number of rotatable bonds is 27. The average molecular weight is 841 g/mol. The number of unbranched alkanes of at least 4 members (excludes halogenated alkanes) is 15. The molecule has 0 radical (unpaired) electrons. The van der Waals surface area contributed by atoms with Crippen molar-refractivity contribution in [1.29, 1.82) is 0 Å². The van der Waals surface area contributed by atoms with Crippen molar-refractivity contribution in [3.63, 3.8) is 0 Å². The molecule has 0 saturated carbocycles. The van der Waals surface area contributed by atoms with Crippen LogP contribution in [0.1, 0.15) is 172 Å². The van der Waals surface area contributed by atoms with E-state index in [1.807, 2.05) is 12.4 Å². The minimum Gasteiger partial charge on any atom is -0.261 e. The van der Waals surface area contributed by atoms with E-state index in [4.69, 9.17) is 4.98 Å². The van der Waals surface area contributed by atoms with E-state index < -0.39 is 0 Å². The lowest BCUT2D eigenvalue weighted by Crippen LogP contribution is -1.91. The second-order valence-corrected chi connectivity index (χ2v) is 17.9. The molecule has 0 unspecified atom stereocenters. The van der Waals surface area contributed by atoms with Gasteiger partial charge in [-0.2, -0.15) is 0 Å². The quantitative estimate of drug-likeness (QED) is 0.0483. The summed E-state index contributed by atoms with van der Waals surface area (Å²) in [4.78, 5) is 9.39. The van der Waals surface area contributed by atoms with Crippen molar-refractivity contribution in [2.45, 2.75) is 175 Å². The predicted octanol–water partition coefficient (Wildman–Crippen LogP) is 18.5. The molecule has 0 aliphatic heterocycles. The van der Waals surface area contributed by atoms with Crippen LogP contribution in [0.5, 0.6) is 0 Å². The zero-order valence-electron chi connectivity index (χ0n) is 39.9. The van der Waals surface area contributed by atoms with Gasteiger partial charge in [0.2, 0.25) is 0 Å². The zero-order valence-corrected chi connectivity index (χ0v) is 39.9. The van der Waals surface area contributed by atoms with E-state index in [-0.39, 0.29) is 0 Å². The first-order chi connectivity index (χ1) is 31.1. The van der Waals surface area contributed by atoms with Crippen LogP contribution in [0.2, 0.25) is 0 Å². The summed E-state index contributed by atoms with van der Waals surface area (Å²) in [5, 5.41) is 0. The van der Waals surface area contributed by atoms with Gasteiger partial charge >= 0.3 is 0 Å². The van der Waals surface area contributed by atoms with Crippen molar-refractivity contribution in [2.75, 3.05) is 0 Å². The molecular weight excluding hydrogens is 761 g/mol. The summed E-state index contributed by atoms with van der Waals surface area (Å²) < 4.78 is 0. The SMILES string of the molecule is CCCCCCCc1ccc(-c2ccc(-c3ccc(CCCCCC)nc3)cc2)cc1.CCCCCCCc1ccc(-c2ccc(-c3ccc(CCCCCCC)nc3)cc2)cc1. The van der Waals surface area contributed by atoms with Crippen molar-refractivity contribution >= 4 is 0 Å². The van der Waals surface area contributed by atoms with Crippen molar-refractivity contribution in [3.05, 3.63) is 156 Å². The Labute approximate surface area is 384 Å². The molecule has 63 heavy (non-hydrogen) atoms. The second kappa shape index (κ2) is 29.5. The number of nitrogens with zero attached hydrogens (tertiary/aromatic N) is 2. The predicted molar refractivity (Wildman–Crippen MR) is 275 cm³/mol. The summed E-state index contributed by atoms with van der Waals surface area (Å²) in [6.45, 7) is 9.06. The Kier molecular flexibility index (Phi) is 23.1. The van der Waals surface area contributed by atoms with Crippen molar-refractivity contribution in [1.82, 2.24) is 9.97 Å². The maximum absolute atomic E-state index is 4.70. The number of hydrogen-bond donors (Lipinski definition) is 0. The molecule has 0 aliphatic rings. The average Bonchev–Trinajstić information content (AvgIpc) is 3.34. The van der Waals surface area contributed by atoms with Gasteiger partial charge in [0.1, 0.15) is 0 Å². The van der Waals surface area contributed by atoms with Gasteiger partial charge in [-0.25, -0.2) is 0 Å². The first kappa shape index (κ1) is 49.2. The molecule has 334 valence electrons. The number of aryl methyl sites for hydroxylation is 4. The molecule has 6 rings (SSSR count). The van der Waals surface area contributed by atoms with Crippen LogP contribution < -0.4 is 0 Å². The lowest BCUT2D eigenvalue weighted by molar-refractivity contribution is 0.628. The van der Waals surface area contributed by atoms with E-state index in [0.29, 0.717) is 0 Å². The van der Waals surface area contributed by atoms with Gasteiger partial charge in [-0.3, -0.25) is 9.97 Å². The van der Waals surface area contributed by atoms with E-state index >= 15 is 0 Å². The Hall–Kier alpha value is -4.82. The lowest BCUT2D eigenvalue weighted by atomic mass is 9.98. The molecule has 6 aromatic rings. The molecule has 0 aliphatic carbocycles. The van der Waals surface area contributed by atoms with Crippen LogP contribution in [0.25, 0.3) is 44.5 Å². The first-order valence-electron chi connectivity index (χ1n) is 25.4. The summed E-state index contributed by atoms with van der Waals surface area (Å²) in [5.41, 5.74) is 15.3. The molecule has 0 saturated heterocycles. The normalized spacial score (nSPS) is 11.0. The fourth-order valence-electron chi connectivity index (χ4n) is 8.43. The molecule has 2 aromatic heterocycles. The van der Waals surface area contributed by atoms with Crippen LogP contribution in [0.15, 0.2) is 134 Å². The van der Waals surface area contributed by atoms with Gasteiger partial charge in [-0.05, 0) is 108 Å². The highest BCUT2D eigenvalue weighted by molar-refractivity contribution is 5.71. The van der Waals surface area contributed by atoms with E-state index in [1.165, 1.54) is 202 Å². The molecule has 2 heterocycles. The number of hydrogen-bond acceptors (Lipinski definition) is 2. The van der Waals surface area contributed by atoms with Crippen LogP contribution in [0.3, 0.4) is 0 Å². The van der Waals surface area contributed by atoms with E-state index in [2.05, 4.69) is 154 Å². The molecule has 0 N–H and O–H groups in total. The summed E-state index contributed by atoms with van der Waals surface area (Å²) >= 11 is 0. The largest absolute Gasteiger partial charge is 0.261 e. The molecule has 2 heteroatoms. The maximum atomic E-state index is 4.70. The summed E-state index contributed by atoms with van der Waals surface area (Å²) in [6, 6.07) is 44.9. The zero-order chi connectivity index (χ0) is 44.2. The highest BCUT2D eigenvalue weighted by atomic mass is 14.7. The van der Waals surface area contributed by atoms with Gasteiger partial charge in [-0.1, -0.05) is 233 Å². The van der Waals surface area contributed by atoms with Gasteiger partial charge in [0.05, 0.1) is 0 Å². The van der Waals surface area contributed by atoms with E-state index in [1.54, 1.807) is 0 Å². The Bertz CT molecular complexity index is 1970. The van der Waals surface area contributed by atoms with Gasteiger partial charge in [0.25, 0.3) is 0 Å². The van der Waals surface area contributed by atoms with Crippen LogP contribution in [-0.2, 0) is 25.7 Å². The highest BCUT2D eigenvalue weighted by Crippen LogP contribution is 2.27. The minimum absolute atomic E-state index is 1.09. The highest BCUT2D eigenvalue weighted by Gasteiger charge is 2.05. The Balaban J connectivity index is 0.000000238. The van der Waals surface area contributed by atoms with Gasteiger partial charge in [-0.15, -0.1) is 0 Å². The summed E-state index contributed by atoms with van der Waals surface area (Å²) in [7, 11) is 0. The fourth-order valence-corrected chi connectivity index (χ4v) is 8.43. The molecule has 4 aromatic carbocycles. The molecule has 0 amide bonds. The van der Waals surface area contributed by atoms with E-state index in [9.17, 15) is 0 Å². The Morgan fingerprint density at radius 3 is 0.762 bits per heavy atom. The monoisotopic (exact) mass is 841 g/mol. The van der Waals surface area contributed by atoms with Crippen molar-refractivity contribution in [3.8, 4) is 44.5 Å². The lowest BCUT2D eigenvalue weighted by Gasteiger charge is -2.07.